The number of carbonyl (C=O) groups excluding carboxylic acids is 1. The second-order valence-electron chi connectivity index (χ2n) is 4.41. The van der Waals surface area contributed by atoms with Crippen LogP contribution in [-0.4, -0.2) is 30.3 Å². The molecule has 0 radical (unpaired) electrons. The molecule has 0 aliphatic heterocycles. The second kappa shape index (κ2) is 7.01. The van der Waals surface area contributed by atoms with Gasteiger partial charge in [-0.1, -0.05) is 24.6 Å². The Bertz CT molecular complexity index is 400. The summed E-state index contributed by atoms with van der Waals surface area (Å²) >= 11 is 0. The van der Waals surface area contributed by atoms with E-state index in [-0.39, 0.29) is 25.2 Å². The van der Waals surface area contributed by atoms with E-state index in [1.807, 2.05) is 39.0 Å². The highest BCUT2D eigenvalue weighted by atomic mass is 16.5. The van der Waals surface area contributed by atoms with Crippen molar-refractivity contribution in [2.24, 2.45) is 0 Å². The van der Waals surface area contributed by atoms with Crippen molar-refractivity contribution >= 4 is 5.91 Å². The molecule has 0 aliphatic rings. The van der Waals surface area contributed by atoms with Crippen LogP contribution in [0.5, 0.6) is 5.75 Å². The third-order valence-corrected chi connectivity index (χ3v) is 2.77. The molecule has 1 unspecified atom stereocenters. The van der Waals surface area contributed by atoms with E-state index in [0.29, 0.717) is 12.2 Å². The molecule has 4 heteroatoms. The summed E-state index contributed by atoms with van der Waals surface area (Å²) in [5.41, 5.74) is 2.17. The highest BCUT2D eigenvalue weighted by Crippen LogP contribution is 2.18. The summed E-state index contributed by atoms with van der Waals surface area (Å²) in [7, 11) is 0. The van der Waals surface area contributed by atoms with Crippen LogP contribution in [0.4, 0.5) is 0 Å². The van der Waals surface area contributed by atoms with Crippen molar-refractivity contribution in [1.29, 1.82) is 0 Å². The van der Waals surface area contributed by atoms with Gasteiger partial charge < -0.3 is 15.2 Å². The monoisotopic (exact) mass is 251 g/mol. The number of aryl methyl sites for hydroxylation is 2. The summed E-state index contributed by atoms with van der Waals surface area (Å²) in [6, 6.07) is 5.63. The number of benzene rings is 1. The Morgan fingerprint density at radius 1 is 1.44 bits per heavy atom. The van der Waals surface area contributed by atoms with Crippen molar-refractivity contribution in [2.75, 3.05) is 13.2 Å². The number of amides is 1. The average Bonchev–Trinajstić information content (AvgIpc) is 2.35. The zero-order valence-corrected chi connectivity index (χ0v) is 11.2. The van der Waals surface area contributed by atoms with E-state index in [1.165, 1.54) is 0 Å². The standard InChI is InChI=1S/C14H21NO3/c1-4-12(8-16)15-14(17)9-18-13-6-5-10(2)7-11(13)3/h5-7,12,16H,4,8-9H2,1-3H3,(H,15,17). The third-order valence-electron chi connectivity index (χ3n) is 2.77. The Kier molecular flexibility index (Phi) is 5.65. The van der Waals surface area contributed by atoms with Crippen LogP contribution in [0.3, 0.4) is 0 Å². The van der Waals surface area contributed by atoms with Crippen LogP contribution in [-0.2, 0) is 4.79 Å². The number of aliphatic hydroxyl groups excluding tert-OH is 1. The number of aliphatic hydroxyl groups is 1. The van der Waals surface area contributed by atoms with E-state index < -0.39 is 0 Å². The first-order valence-corrected chi connectivity index (χ1v) is 6.17. The van der Waals surface area contributed by atoms with E-state index >= 15 is 0 Å². The van der Waals surface area contributed by atoms with Crippen molar-refractivity contribution in [3.8, 4) is 5.75 Å². The molecule has 1 aromatic carbocycles. The molecule has 1 atom stereocenters. The molecule has 0 heterocycles. The summed E-state index contributed by atoms with van der Waals surface area (Å²) in [5, 5.41) is 11.7. The van der Waals surface area contributed by atoms with Crippen molar-refractivity contribution in [1.82, 2.24) is 5.32 Å². The molecule has 1 rings (SSSR count). The molecule has 4 nitrogen and oxygen atoms in total. The fraction of sp³-hybridized carbons (Fsp3) is 0.500. The molecule has 0 saturated carbocycles. The molecule has 0 bridgehead atoms. The number of hydrogen-bond donors (Lipinski definition) is 2. The molecule has 0 saturated heterocycles. The van der Waals surface area contributed by atoms with Gasteiger partial charge in [0.15, 0.2) is 6.61 Å². The SMILES string of the molecule is CCC(CO)NC(=O)COc1ccc(C)cc1C. The minimum Gasteiger partial charge on any atom is -0.484 e. The van der Waals surface area contributed by atoms with Gasteiger partial charge in [0.2, 0.25) is 0 Å². The Balaban J connectivity index is 2.47. The zero-order valence-electron chi connectivity index (χ0n) is 11.2. The number of hydrogen-bond acceptors (Lipinski definition) is 3. The first-order valence-electron chi connectivity index (χ1n) is 6.17. The van der Waals surface area contributed by atoms with Crippen LogP contribution in [0.2, 0.25) is 0 Å². The molecule has 2 N–H and O–H groups in total. The fourth-order valence-corrected chi connectivity index (χ4v) is 1.65. The molecule has 0 fully saturated rings. The normalized spacial score (nSPS) is 12.0. The first-order chi connectivity index (χ1) is 8.56. The van der Waals surface area contributed by atoms with Gasteiger partial charge in [-0.15, -0.1) is 0 Å². The summed E-state index contributed by atoms with van der Waals surface area (Å²) in [5.74, 6) is 0.503. The Morgan fingerprint density at radius 3 is 2.72 bits per heavy atom. The van der Waals surface area contributed by atoms with E-state index in [4.69, 9.17) is 9.84 Å². The minimum absolute atomic E-state index is 0.0274. The van der Waals surface area contributed by atoms with Gasteiger partial charge in [-0.25, -0.2) is 0 Å². The van der Waals surface area contributed by atoms with Gasteiger partial charge in [0.05, 0.1) is 12.6 Å². The molecule has 1 aromatic rings. The second-order valence-corrected chi connectivity index (χ2v) is 4.41. The molecule has 0 spiro atoms. The van der Waals surface area contributed by atoms with E-state index in [0.717, 1.165) is 11.1 Å². The van der Waals surface area contributed by atoms with Gasteiger partial charge in [0.1, 0.15) is 5.75 Å². The molecule has 0 aromatic heterocycles. The van der Waals surface area contributed by atoms with Gasteiger partial charge in [-0.05, 0) is 31.9 Å². The lowest BCUT2D eigenvalue weighted by Crippen LogP contribution is -2.39. The topological polar surface area (TPSA) is 58.6 Å². The lowest BCUT2D eigenvalue weighted by Gasteiger charge is -2.15. The largest absolute Gasteiger partial charge is 0.484 e. The number of rotatable bonds is 6. The summed E-state index contributed by atoms with van der Waals surface area (Å²) in [6.45, 7) is 5.79. The summed E-state index contributed by atoms with van der Waals surface area (Å²) < 4.78 is 5.45. The molecular weight excluding hydrogens is 230 g/mol. The highest BCUT2D eigenvalue weighted by molar-refractivity contribution is 5.77. The maximum Gasteiger partial charge on any atom is 0.258 e. The third kappa shape index (κ3) is 4.37. The van der Waals surface area contributed by atoms with E-state index in [2.05, 4.69) is 5.32 Å². The smallest absolute Gasteiger partial charge is 0.258 e. The molecular formula is C14H21NO3. The zero-order chi connectivity index (χ0) is 13.5. The van der Waals surface area contributed by atoms with Crippen LogP contribution in [0, 0.1) is 13.8 Å². The van der Waals surface area contributed by atoms with Crippen molar-refractivity contribution < 1.29 is 14.6 Å². The molecule has 1 amide bonds. The lowest BCUT2D eigenvalue weighted by molar-refractivity contribution is -0.124. The highest BCUT2D eigenvalue weighted by Gasteiger charge is 2.10. The van der Waals surface area contributed by atoms with Crippen molar-refractivity contribution in [2.45, 2.75) is 33.2 Å². The van der Waals surface area contributed by atoms with Crippen LogP contribution in [0.25, 0.3) is 0 Å². The average molecular weight is 251 g/mol. The van der Waals surface area contributed by atoms with Gasteiger partial charge in [0, 0.05) is 0 Å². The number of nitrogens with one attached hydrogen (secondary N) is 1. The quantitative estimate of drug-likeness (QED) is 0.807. The van der Waals surface area contributed by atoms with Gasteiger partial charge >= 0.3 is 0 Å². The lowest BCUT2D eigenvalue weighted by atomic mass is 10.1. The molecule has 0 aliphatic carbocycles. The van der Waals surface area contributed by atoms with Gasteiger partial charge in [0.25, 0.3) is 5.91 Å². The predicted octanol–water partition coefficient (Wildman–Crippen LogP) is 1.57. The fourth-order valence-electron chi connectivity index (χ4n) is 1.65. The minimum atomic E-state index is -0.212. The number of ether oxygens (including phenoxy) is 1. The summed E-state index contributed by atoms with van der Waals surface area (Å²) in [4.78, 5) is 11.6. The van der Waals surface area contributed by atoms with Crippen molar-refractivity contribution in [3.63, 3.8) is 0 Å². The molecule has 100 valence electrons. The molecule has 18 heavy (non-hydrogen) atoms. The van der Waals surface area contributed by atoms with Crippen LogP contribution < -0.4 is 10.1 Å². The maximum absolute atomic E-state index is 11.6. The maximum atomic E-state index is 11.6. The van der Waals surface area contributed by atoms with E-state index in [9.17, 15) is 4.79 Å². The summed E-state index contributed by atoms with van der Waals surface area (Å²) in [6.07, 6.45) is 0.700. The Labute approximate surface area is 108 Å². The van der Waals surface area contributed by atoms with E-state index in [1.54, 1.807) is 0 Å². The van der Waals surface area contributed by atoms with Gasteiger partial charge in [-0.3, -0.25) is 4.79 Å². The van der Waals surface area contributed by atoms with Crippen LogP contribution in [0.15, 0.2) is 18.2 Å². The number of carbonyl (C=O) groups is 1. The van der Waals surface area contributed by atoms with Crippen molar-refractivity contribution in [3.05, 3.63) is 29.3 Å². The Morgan fingerprint density at radius 2 is 2.17 bits per heavy atom. The van der Waals surface area contributed by atoms with Crippen LogP contribution in [0.1, 0.15) is 24.5 Å². The Hall–Kier alpha value is -1.55. The van der Waals surface area contributed by atoms with Gasteiger partial charge in [-0.2, -0.15) is 0 Å². The van der Waals surface area contributed by atoms with Crippen LogP contribution >= 0.6 is 0 Å². The predicted molar refractivity (Wildman–Crippen MR) is 70.7 cm³/mol. The first kappa shape index (κ1) is 14.5.